The maximum Gasteiger partial charge on any atom is 0.244 e. The average Bonchev–Trinajstić information content (AvgIpc) is 2.56. The molecule has 3 nitrogen and oxygen atoms in total. The van der Waals surface area contributed by atoms with Crippen molar-refractivity contribution in [2.45, 2.75) is 20.4 Å². The zero-order valence-corrected chi connectivity index (χ0v) is 13.5. The van der Waals surface area contributed by atoms with Crippen LogP contribution in [0.2, 0.25) is 0 Å². The van der Waals surface area contributed by atoms with Crippen LogP contribution in [0.1, 0.15) is 18.1 Å². The van der Waals surface area contributed by atoms with Crippen LogP contribution in [0.4, 0.5) is 0 Å². The van der Waals surface area contributed by atoms with Gasteiger partial charge >= 0.3 is 0 Å². The van der Waals surface area contributed by atoms with Gasteiger partial charge in [-0.15, -0.1) is 0 Å². The molecule has 0 aliphatic rings. The first kappa shape index (κ1) is 16.6. The third-order valence-corrected chi connectivity index (χ3v) is 3.23. The maximum atomic E-state index is 11.7. The lowest BCUT2D eigenvalue weighted by molar-refractivity contribution is -0.116. The number of nitrogens with one attached hydrogen (secondary N) is 1. The van der Waals surface area contributed by atoms with Crippen LogP contribution in [0.5, 0.6) is 11.5 Å². The number of aryl methyl sites for hydroxylation is 1. The molecular formula is C20H21NO2. The standard InChI is InChI=1S/C20H21NO2/c1-3-4-5-10-20(22)21-15-17-8-6-7-9-19(17)23-18-13-11-16(2)12-14-18/h3-14H,15H2,1-2H3,(H,21,22)/b4-3+,10-5+. The highest BCUT2D eigenvalue weighted by Crippen LogP contribution is 2.25. The molecular weight excluding hydrogens is 286 g/mol. The third-order valence-electron chi connectivity index (χ3n) is 3.23. The van der Waals surface area contributed by atoms with Gasteiger partial charge in [0.05, 0.1) is 0 Å². The van der Waals surface area contributed by atoms with Crippen LogP contribution < -0.4 is 10.1 Å². The molecule has 0 spiro atoms. The average molecular weight is 307 g/mol. The largest absolute Gasteiger partial charge is 0.457 e. The second-order valence-corrected chi connectivity index (χ2v) is 5.13. The van der Waals surface area contributed by atoms with E-state index in [-0.39, 0.29) is 5.91 Å². The van der Waals surface area contributed by atoms with E-state index >= 15 is 0 Å². The predicted octanol–water partition coefficient (Wildman–Crippen LogP) is 4.54. The lowest BCUT2D eigenvalue weighted by Crippen LogP contribution is -2.20. The Bertz CT molecular complexity index is 700. The normalized spacial score (nSPS) is 11.0. The summed E-state index contributed by atoms with van der Waals surface area (Å²) in [7, 11) is 0. The van der Waals surface area contributed by atoms with Crippen LogP contribution in [0, 0.1) is 6.92 Å². The lowest BCUT2D eigenvalue weighted by atomic mass is 10.2. The molecule has 0 heterocycles. The molecule has 118 valence electrons. The summed E-state index contributed by atoms with van der Waals surface area (Å²) in [6.07, 6.45) is 6.90. The quantitative estimate of drug-likeness (QED) is 0.628. The SMILES string of the molecule is C/C=C/C=C/C(=O)NCc1ccccc1Oc1ccc(C)cc1. The van der Waals surface area contributed by atoms with Crippen molar-refractivity contribution in [3.8, 4) is 11.5 Å². The number of hydrogen-bond acceptors (Lipinski definition) is 2. The molecule has 0 bridgehead atoms. The van der Waals surface area contributed by atoms with E-state index < -0.39 is 0 Å². The smallest absolute Gasteiger partial charge is 0.244 e. The number of benzene rings is 2. The summed E-state index contributed by atoms with van der Waals surface area (Å²) in [6.45, 7) is 4.36. The van der Waals surface area contributed by atoms with E-state index in [0.29, 0.717) is 6.54 Å². The number of carbonyl (C=O) groups excluding carboxylic acids is 1. The van der Waals surface area contributed by atoms with Crippen LogP contribution in [0.25, 0.3) is 0 Å². The molecule has 3 heteroatoms. The van der Waals surface area contributed by atoms with E-state index in [0.717, 1.165) is 17.1 Å². The molecule has 0 unspecified atom stereocenters. The van der Waals surface area contributed by atoms with E-state index in [4.69, 9.17) is 4.74 Å². The number of allylic oxidation sites excluding steroid dienone is 3. The number of amides is 1. The second-order valence-electron chi connectivity index (χ2n) is 5.13. The molecule has 2 aromatic carbocycles. The van der Waals surface area contributed by atoms with E-state index in [1.165, 1.54) is 11.6 Å². The lowest BCUT2D eigenvalue weighted by Gasteiger charge is -2.11. The summed E-state index contributed by atoms with van der Waals surface area (Å²) in [5.41, 5.74) is 2.12. The Labute approximate surface area is 137 Å². The molecule has 2 rings (SSSR count). The van der Waals surface area contributed by atoms with Gasteiger partial charge in [-0.2, -0.15) is 0 Å². The number of hydrogen-bond donors (Lipinski definition) is 1. The Balaban J connectivity index is 2.02. The minimum atomic E-state index is -0.131. The van der Waals surface area contributed by atoms with Crippen molar-refractivity contribution >= 4 is 5.91 Å². The monoisotopic (exact) mass is 307 g/mol. The summed E-state index contributed by atoms with van der Waals surface area (Å²) in [5.74, 6) is 1.39. The van der Waals surface area contributed by atoms with E-state index in [2.05, 4.69) is 5.32 Å². The van der Waals surface area contributed by atoms with Crippen molar-refractivity contribution in [3.63, 3.8) is 0 Å². The topological polar surface area (TPSA) is 38.3 Å². The minimum absolute atomic E-state index is 0.131. The summed E-state index contributed by atoms with van der Waals surface area (Å²) in [6, 6.07) is 15.6. The Hall–Kier alpha value is -2.81. The van der Waals surface area contributed by atoms with Gasteiger partial charge in [-0.1, -0.05) is 54.1 Å². The number of para-hydroxylation sites is 1. The zero-order chi connectivity index (χ0) is 16.5. The molecule has 0 aliphatic heterocycles. The van der Waals surface area contributed by atoms with Crippen LogP contribution in [-0.2, 0) is 11.3 Å². The van der Waals surface area contributed by atoms with Crippen LogP contribution in [0.15, 0.2) is 72.8 Å². The van der Waals surface area contributed by atoms with E-state index in [1.807, 2.05) is 74.5 Å². The molecule has 1 N–H and O–H groups in total. The van der Waals surface area contributed by atoms with Gasteiger partial charge in [0.2, 0.25) is 5.91 Å². The summed E-state index contributed by atoms with van der Waals surface area (Å²) >= 11 is 0. The van der Waals surface area contributed by atoms with Gasteiger partial charge < -0.3 is 10.1 Å². The highest BCUT2D eigenvalue weighted by atomic mass is 16.5. The molecule has 0 saturated heterocycles. The summed E-state index contributed by atoms with van der Waals surface area (Å²) in [4.78, 5) is 11.7. The van der Waals surface area contributed by atoms with Gasteiger partial charge in [0.25, 0.3) is 0 Å². The molecule has 0 radical (unpaired) electrons. The summed E-state index contributed by atoms with van der Waals surface area (Å²) in [5, 5.41) is 2.85. The van der Waals surface area contributed by atoms with Crippen molar-refractivity contribution in [1.29, 1.82) is 0 Å². The molecule has 0 aromatic heterocycles. The van der Waals surface area contributed by atoms with E-state index in [9.17, 15) is 4.79 Å². The van der Waals surface area contributed by atoms with Crippen LogP contribution in [-0.4, -0.2) is 5.91 Å². The fourth-order valence-electron chi connectivity index (χ4n) is 1.98. The Kier molecular flexibility index (Phi) is 6.18. The van der Waals surface area contributed by atoms with Crippen molar-refractivity contribution in [2.75, 3.05) is 0 Å². The van der Waals surface area contributed by atoms with Crippen LogP contribution >= 0.6 is 0 Å². The van der Waals surface area contributed by atoms with Gasteiger partial charge in [-0.05, 0) is 32.0 Å². The first-order chi connectivity index (χ1) is 11.2. The van der Waals surface area contributed by atoms with Crippen molar-refractivity contribution in [1.82, 2.24) is 5.32 Å². The van der Waals surface area contributed by atoms with E-state index in [1.54, 1.807) is 6.08 Å². The Morgan fingerprint density at radius 2 is 1.83 bits per heavy atom. The molecule has 23 heavy (non-hydrogen) atoms. The Morgan fingerprint density at radius 3 is 2.57 bits per heavy atom. The molecule has 2 aromatic rings. The fraction of sp³-hybridized carbons (Fsp3) is 0.150. The fourth-order valence-corrected chi connectivity index (χ4v) is 1.98. The van der Waals surface area contributed by atoms with Gasteiger partial charge in [0, 0.05) is 18.2 Å². The van der Waals surface area contributed by atoms with Crippen molar-refractivity contribution < 1.29 is 9.53 Å². The molecule has 1 amide bonds. The summed E-state index contributed by atoms with van der Waals surface area (Å²) < 4.78 is 5.91. The van der Waals surface area contributed by atoms with Crippen LogP contribution in [0.3, 0.4) is 0 Å². The zero-order valence-electron chi connectivity index (χ0n) is 13.5. The first-order valence-electron chi connectivity index (χ1n) is 7.58. The van der Waals surface area contributed by atoms with Crippen molar-refractivity contribution in [2.24, 2.45) is 0 Å². The third kappa shape index (κ3) is 5.47. The molecule has 0 aliphatic carbocycles. The highest BCUT2D eigenvalue weighted by Gasteiger charge is 2.05. The first-order valence-corrected chi connectivity index (χ1v) is 7.58. The number of carbonyl (C=O) groups is 1. The van der Waals surface area contributed by atoms with Gasteiger partial charge in [-0.3, -0.25) is 4.79 Å². The number of ether oxygens (including phenoxy) is 1. The Morgan fingerprint density at radius 1 is 1.09 bits per heavy atom. The predicted molar refractivity (Wildman–Crippen MR) is 93.5 cm³/mol. The second kappa shape index (κ2) is 8.59. The molecule has 0 saturated carbocycles. The van der Waals surface area contributed by atoms with Gasteiger partial charge in [0.15, 0.2) is 0 Å². The minimum Gasteiger partial charge on any atom is -0.457 e. The highest BCUT2D eigenvalue weighted by molar-refractivity contribution is 5.87. The van der Waals surface area contributed by atoms with Gasteiger partial charge in [0.1, 0.15) is 11.5 Å². The number of rotatable bonds is 6. The van der Waals surface area contributed by atoms with Crippen molar-refractivity contribution in [3.05, 3.63) is 84.0 Å². The molecule has 0 atom stereocenters. The van der Waals surface area contributed by atoms with Gasteiger partial charge in [-0.25, -0.2) is 0 Å². The maximum absolute atomic E-state index is 11.7. The molecule has 0 fully saturated rings.